The molecule has 0 bridgehead atoms. The third-order valence-corrected chi connectivity index (χ3v) is 3.40. The van der Waals surface area contributed by atoms with Crippen molar-refractivity contribution in [1.29, 1.82) is 0 Å². The van der Waals surface area contributed by atoms with Crippen LogP contribution in [0.4, 0.5) is 0 Å². The molecule has 0 amide bonds. The fraction of sp³-hybridized carbons (Fsp3) is 0.786. The lowest BCUT2D eigenvalue weighted by atomic mass is 10.0. The first-order chi connectivity index (χ1) is 9.29. The summed E-state index contributed by atoms with van der Waals surface area (Å²) in [6, 6.07) is 0. The second-order valence-electron chi connectivity index (χ2n) is 5.08. The van der Waals surface area contributed by atoms with Gasteiger partial charge in [0.2, 0.25) is 0 Å². The monoisotopic (exact) mass is 268 g/mol. The van der Waals surface area contributed by atoms with Gasteiger partial charge in [-0.2, -0.15) is 0 Å². The molecule has 1 fully saturated rings. The zero-order valence-corrected chi connectivity index (χ0v) is 11.9. The Balaban J connectivity index is 1.66. The van der Waals surface area contributed by atoms with Crippen molar-refractivity contribution in [2.24, 2.45) is 0 Å². The smallest absolute Gasteiger partial charge is 0.194 e. The Morgan fingerprint density at radius 1 is 1.47 bits per heavy atom. The number of ether oxygens (including phenoxy) is 2. The first-order valence-corrected chi connectivity index (χ1v) is 7.05. The highest BCUT2D eigenvalue weighted by molar-refractivity contribution is 5.04. The van der Waals surface area contributed by atoms with E-state index in [4.69, 9.17) is 13.9 Å². The maximum absolute atomic E-state index is 5.80. The van der Waals surface area contributed by atoms with Crippen LogP contribution in [0.2, 0.25) is 0 Å². The van der Waals surface area contributed by atoms with Crippen LogP contribution in [0.1, 0.15) is 37.3 Å². The lowest BCUT2D eigenvalue weighted by Crippen LogP contribution is -2.20. The summed E-state index contributed by atoms with van der Waals surface area (Å²) in [6.45, 7) is 5.47. The van der Waals surface area contributed by atoms with E-state index < -0.39 is 0 Å². The molecule has 2 heterocycles. The molecule has 1 N–H and O–H groups in total. The number of hydrogen-bond donors (Lipinski definition) is 1. The first kappa shape index (κ1) is 14.5. The van der Waals surface area contributed by atoms with Crippen molar-refractivity contribution in [3.8, 4) is 0 Å². The number of nitrogens with one attached hydrogen (secondary N) is 1. The van der Waals surface area contributed by atoms with Gasteiger partial charge in [-0.05, 0) is 26.3 Å². The molecule has 2 unspecified atom stereocenters. The molecule has 1 aliphatic rings. The van der Waals surface area contributed by atoms with Gasteiger partial charge in [-0.1, -0.05) is 0 Å². The van der Waals surface area contributed by atoms with Crippen LogP contribution in [0.25, 0.3) is 0 Å². The highest BCUT2D eigenvalue weighted by Gasteiger charge is 2.26. The molecule has 1 aromatic heterocycles. The van der Waals surface area contributed by atoms with E-state index in [2.05, 4.69) is 17.2 Å². The summed E-state index contributed by atoms with van der Waals surface area (Å²) in [5.74, 6) is 2.20. The minimum atomic E-state index is 0.337. The standard InChI is InChI=1S/C14H24N2O3/c1-11-8-12(10-18-11)13-9-16-14(19-13)4-3-5-15-6-7-17-2/h9,11-12,15H,3-8,10H2,1-2H3. The molecule has 0 aliphatic carbocycles. The van der Waals surface area contributed by atoms with E-state index in [-0.39, 0.29) is 0 Å². The van der Waals surface area contributed by atoms with E-state index in [0.29, 0.717) is 12.0 Å². The van der Waals surface area contributed by atoms with Gasteiger partial charge in [-0.25, -0.2) is 4.98 Å². The number of nitrogens with zero attached hydrogens (tertiary/aromatic N) is 1. The summed E-state index contributed by atoms with van der Waals surface area (Å²) in [5, 5.41) is 3.31. The Morgan fingerprint density at radius 3 is 3.11 bits per heavy atom. The van der Waals surface area contributed by atoms with E-state index in [1.54, 1.807) is 7.11 Å². The molecule has 2 atom stereocenters. The number of aromatic nitrogens is 1. The maximum atomic E-state index is 5.80. The predicted molar refractivity (Wildman–Crippen MR) is 72.3 cm³/mol. The largest absolute Gasteiger partial charge is 0.445 e. The lowest BCUT2D eigenvalue weighted by Gasteiger charge is -2.03. The number of methoxy groups -OCH3 is 1. The maximum Gasteiger partial charge on any atom is 0.194 e. The molecule has 0 spiro atoms. The summed E-state index contributed by atoms with van der Waals surface area (Å²) in [6.07, 6.45) is 5.14. The number of rotatable bonds is 8. The summed E-state index contributed by atoms with van der Waals surface area (Å²) >= 11 is 0. The Bertz CT molecular complexity index is 367. The van der Waals surface area contributed by atoms with Gasteiger partial charge in [0.1, 0.15) is 5.76 Å². The van der Waals surface area contributed by atoms with Crippen LogP contribution in [-0.4, -0.2) is 44.5 Å². The summed E-state index contributed by atoms with van der Waals surface area (Å²) in [4.78, 5) is 4.35. The average Bonchev–Trinajstić information content (AvgIpc) is 3.02. The zero-order valence-electron chi connectivity index (χ0n) is 11.9. The quantitative estimate of drug-likeness (QED) is 0.728. The summed E-state index contributed by atoms with van der Waals surface area (Å²) < 4.78 is 16.3. The van der Waals surface area contributed by atoms with Crippen LogP contribution >= 0.6 is 0 Å². The Kier molecular flexibility index (Phi) is 5.82. The number of oxazole rings is 1. The number of hydrogen-bond acceptors (Lipinski definition) is 5. The SMILES string of the molecule is COCCNCCCc1ncc(C2COC(C)C2)o1. The second kappa shape index (κ2) is 7.62. The van der Waals surface area contributed by atoms with E-state index in [9.17, 15) is 0 Å². The highest BCUT2D eigenvalue weighted by Crippen LogP contribution is 2.29. The number of aryl methyl sites for hydroxylation is 1. The van der Waals surface area contributed by atoms with Gasteiger partial charge < -0.3 is 19.2 Å². The highest BCUT2D eigenvalue weighted by atomic mass is 16.5. The van der Waals surface area contributed by atoms with Gasteiger partial charge in [0, 0.05) is 26.0 Å². The summed E-state index contributed by atoms with van der Waals surface area (Å²) in [7, 11) is 1.71. The molecular weight excluding hydrogens is 244 g/mol. The van der Waals surface area contributed by atoms with Crippen LogP contribution in [-0.2, 0) is 15.9 Å². The van der Waals surface area contributed by atoms with E-state index in [0.717, 1.165) is 57.2 Å². The van der Waals surface area contributed by atoms with Crippen LogP contribution in [0.3, 0.4) is 0 Å². The van der Waals surface area contributed by atoms with Gasteiger partial charge in [0.05, 0.1) is 25.5 Å². The Hall–Kier alpha value is -0.910. The van der Waals surface area contributed by atoms with Crippen molar-refractivity contribution in [2.45, 2.75) is 38.2 Å². The average molecular weight is 268 g/mol. The van der Waals surface area contributed by atoms with Crippen LogP contribution < -0.4 is 5.32 Å². The zero-order chi connectivity index (χ0) is 13.5. The molecule has 1 saturated heterocycles. The molecule has 0 aromatic carbocycles. The van der Waals surface area contributed by atoms with Gasteiger partial charge in [0.25, 0.3) is 0 Å². The van der Waals surface area contributed by atoms with E-state index >= 15 is 0 Å². The predicted octanol–water partition coefficient (Wildman–Crippen LogP) is 1.74. The second-order valence-corrected chi connectivity index (χ2v) is 5.08. The van der Waals surface area contributed by atoms with Crippen molar-refractivity contribution >= 4 is 0 Å². The Labute approximate surface area is 114 Å². The molecular formula is C14H24N2O3. The van der Waals surface area contributed by atoms with Crippen LogP contribution in [0, 0.1) is 0 Å². The minimum Gasteiger partial charge on any atom is -0.445 e. The molecule has 5 nitrogen and oxygen atoms in total. The molecule has 0 saturated carbocycles. The van der Waals surface area contributed by atoms with Crippen molar-refractivity contribution < 1.29 is 13.9 Å². The van der Waals surface area contributed by atoms with Gasteiger partial charge >= 0.3 is 0 Å². The molecule has 1 aromatic rings. The normalized spacial score (nSPS) is 23.1. The third kappa shape index (κ3) is 4.60. The van der Waals surface area contributed by atoms with E-state index in [1.165, 1.54) is 0 Å². The molecule has 19 heavy (non-hydrogen) atoms. The van der Waals surface area contributed by atoms with Crippen LogP contribution in [0.15, 0.2) is 10.6 Å². The summed E-state index contributed by atoms with van der Waals surface area (Å²) in [5.41, 5.74) is 0. The molecule has 2 rings (SSSR count). The topological polar surface area (TPSA) is 56.5 Å². The van der Waals surface area contributed by atoms with Crippen molar-refractivity contribution in [3.05, 3.63) is 17.8 Å². The van der Waals surface area contributed by atoms with Crippen molar-refractivity contribution in [2.75, 3.05) is 33.4 Å². The third-order valence-electron chi connectivity index (χ3n) is 3.40. The molecule has 1 aliphatic heterocycles. The fourth-order valence-corrected chi connectivity index (χ4v) is 2.31. The van der Waals surface area contributed by atoms with Gasteiger partial charge in [-0.15, -0.1) is 0 Å². The molecule has 0 radical (unpaired) electrons. The lowest BCUT2D eigenvalue weighted by molar-refractivity contribution is 0.122. The van der Waals surface area contributed by atoms with Crippen LogP contribution in [0.5, 0.6) is 0 Å². The fourth-order valence-electron chi connectivity index (χ4n) is 2.31. The van der Waals surface area contributed by atoms with Gasteiger partial charge in [0.15, 0.2) is 5.89 Å². The minimum absolute atomic E-state index is 0.337. The van der Waals surface area contributed by atoms with Crippen molar-refractivity contribution in [1.82, 2.24) is 10.3 Å². The molecule has 108 valence electrons. The first-order valence-electron chi connectivity index (χ1n) is 7.05. The molecule has 5 heteroatoms. The van der Waals surface area contributed by atoms with Crippen molar-refractivity contribution in [3.63, 3.8) is 0 Å². The Morgan fingerprint density at radius 2 is 2.37 bits per heavy atom. The van der Waals surface area contributed by atoms with E-state index in [1.807, 2.05) is 6.20 Å². The van der Waals surface area contributed by atoms with Gasteiger partial charge in [-0.3, -0.25) is 0 Å².